The van der Waals surface area contributed by atoms with Crippen molar-refractivity contribution in [2.45, 2.75) is 33.2 Å². The molecule has 3 atom stereocenters. The molecule has 1 fully saturated rings. The van der Waals surface area contributed by atoms with E-state index in [1.165, 1.54) is 19.6 Å². The van der Waals surface area contributed by atoms with Crippen molar-refractivity contribution in [3.05, 3.63) is 0 Å². The van der Waals surface area contributed by atoms with Crippen molar-refractivity contribution in [3.8, 4) is 0 Å². The Kier molecular flexibility index (Phi) is 3.53. The lowest BCUT2D eigenvalue weighted by molar-refractivity contribution is 0.311. The second-order valence-corrected chi connectivity index (χ2v) is 4.48. The third-order valence-corrected chi connectivity index (χ3v) is 2.96. The Hall–Kier alpha value is -0.0800. The quantitative estimate of drug-likeness (QED) is 0.692. The predicted octanol–water partition coefficient (Wildman–Crippen LogP) is 1.31. The Balaban J connectivity index is 2.19. The van der Waals surface area contributed by atoms with E-state index in [4.69, 9.17) is 5.73 Å². The topological polar surface area (TPSA) is 29.3 Å². The van der Waals surface area contributed by atoms with Crippen LogP contribution in [0, 0.1) is 11.8 Å². The fourth-order valence-electron chi connectivity index (χ4n) is 1.82. The van der Waals surface area contributed by atoms with Crippen LogP contribution in [0.2, 0.25) is 0 Å². The van der Waals surface area contributed by atoms with Crippen molar-refractivity contribution in [3.63, 3.8) is 0 Å². The van der Waals surface area contributed by atoms with E-state index in [-0.39, 0.29) is 0 Å². The lowest BCUT2D eigenvalue weighted by atomic mass is 10.0. The lowest BCUT2D eigenvalue weighted by Crippen LogP contribution is -2.27. The summed E-state index contributed by atoms with van der Waals surface area (Å²) in [6.07, 6.45) is 1.14. The molecular weight excluding hydrogens is 148 g/mol. The van der Waals surface area contributed by atoms with Crippen LogP contribution in [0.5, 0.6) is 0 Å². The van der Waals surface area contributed by atoms with Crippen LogP contribution in [0.15, 0.2) is 0 Å². The van der Waals surface area contributed by atoms with Crippen LogP contribution in [-0.2, 0) is 0 Å². The van der Waals surface area contributed by atoms with Gasteiger partial charge in [-0.05, 0) is 31.7 Å². The van der Waals surface area contributed by atoms with E-state index in [0.29, 0.717) is 6.04 Å². The SMILES string of the molecule is CC(N)CCN1CC(C)C(C)C1. The Morgan fingerprint density at radius 1 is 1.33 bits per heavy atom. The molecule has 2 heteroatoms. The van der Waals surface area contributed by atoms with E-state index in [2.05, 4.69) is 25.7 Å². The van der Waals surface area contributed by atoms with Crippen molar-refractivity contribution in [2.24, 2.45) is 17.6 Å². The van der Waals surface area contributed by atoms with E-state index < -0.39 is 0 Å². The van der Waals surface area contributed by atoms with Gasteiger partial charge in [0.2, 0.25) is 0 Å². The highest BCUT2D eigenvalue weighted by atomic mass is 15.1. The number of hydrogen-bond acceptors (Lipinski definition) is 2. The maximum Gasteiger partial charge on any atom is 0.00226 e. The highest BCUT2D eigenvalue weighted by Gasteiger charge is 2.25. The summed E-state index contributed by atoms with van der Waals surface area (Å²) in [6, 6.07) is 0.358. The van der Waals surface area contributed by atoms with Crippen LogP contribution in [0.25, 0.3) is 0 Å². The molecule has 0 amide bonds. The standard InChI is InChI=1S/C10H22N2/c1-8-6-12(7-9(8)2)5-4-10(3)11/h8-10H,4-7,11H2,1-3H3. The van der Waals surface area contributed by atoms with E-state index in [1.54, 1.807) is 0 Å². The summed E-state index contributed by atoms with van der Waals surface area (Å²) in [4.78, 5) is 2.54. The highest BCUT2D eigenvalue weighted by molar-refractivity contribution is 4.78. The van der Waals surface area contributed by atoms with Crippen LogP contribution in [0.4, 0.5) is 0 Å². The minimum atomic E-state index is 0.358. The highest BCUT2D eigenvalue weighted by Crippen LogP contribution is 2.21. The largest absolute Gasteiger partial charge is 0.328 e. The molecule has 1 saturated heterocycles. The molecule has 1 heterocycles. The summed E-state index contributed by atoms with van der Waals surface area (Å²) in [6.45, 7) is 10.5. The zero-order valence-corrected chi connectivity index (χ0v) is 8.59. The lowest BCUT2D eigenvalue weighted by Gasteiger charge is -2.16. The average molecular weight is 170 g/mol. The number of nitrogens with two attached hydrogens (primary N) is 1. The number of hydrogen-bond donors (Lipinski definition) is 1. The molecule has 0 saturated carbocycles. The van der Waals surface area contributed by atoms with Crippen LogP contribution in [0.3, 0.4) is 0 Å². The van der Waals surface area contributed by atoms with Gasteiger partial charge in [0.15, 0.2) is 0 Å². The summed E-state index contributed by atoms with van der Waals surface area (Å²) < 4.78 is 0. The van der Waals surface area contributed by atoms with E-state index in [0.717, 1.165) is 18.3 Å². The summed E-state index contributed by atoms with van der Waals surface area (Å²) in [5.74, 6) is 1.75. The van der Waals surface area contributed by atoms with Gasteiger partial charge in [0.25, 0.3) is 0 Å². The maximum atomic E-state index is 5.71. The smallest absolute Gasteiger partial charge is 0.00226 e. The minimum Gasteiger partial charge on any atom is -0.328 e. The molecule has 0 aromatic carbocycles. The van der Waals surface area contributed by atoms with Crippen molar-refractivity contribution in [1.82, 2.24) is 4.90 Å². The molecular formula is C10H22N2. The predicted molar refractivity (Wildman–Crippen MR) is 53.0 cm³/mol. The van der Waals surface area contributed by atoms with Gasteiger partial charge in [-0.25, -0.2) is 0 Å². The summed E-state index contributed by atoms with van der Waals surface area (Å²) in [5, 5.41) is 0. The van der Waals surface area contributed by atoms with Gasteiger partial charge < -0.3 is 10.6 Å². The van der Waals surface area contributed by atoms with Gasteiger partial charge in [0.1, 0.15) is 0 Å². The van der Waals surface area contributed by atoms with Crippen molar-refractivity contribution >= 4 is 0 Å². The van der Waals surface area contributed by atoms with Gasteiger partial charge in [-0.15, -0.1) is 0 Å². The van der Waals surface area contributed by atoms with Crippen LogP contribution < -0.4 is 5.73 Å². The van der Waals surface area contributed by atoms with Crippen LogP contribution >= 0.6 is 0 Å². The van der Waals surface area contributed by atoms with Gasteiger partial charge in [-0.3, -0.25) is 0 Å². The molecule has 0 radical (unpaired) electrons. The van der Waals surface area contributed by atoms with Gasteiger partial charge in [-0.2, -0.15) is 0 Å². The first kappa shape index (κ1) is 10.0. The zero-order valence-electron chi connectivity index (χ0n) is 8.59. The van der Waals surface area contributed by atoms with Crippen LogP contribution in [0.1, 0.15) is 27.2 Å². The third kappa shape index (κ3) is 2.76. The fraction of sp³-hybridized carbons (Fsp3) is 1.00. The van der Waals surface area contributed by atoms with Gasteiger partial charge in [-0.1, -0.05) is 13.8 Å². The molecule has 72 valence electrons. The number of likely N-dealkylation sites (tertiary alicyclic amines) is 1. The summed E-state index contributed by atoms with van der Waals surface area (Å²) in [5.41, 5.74) is 5.71. The molecule has 12 heavy (non-hydrogen) atoms. The molecule has 0 aromatic heterocycles. The zero-order chi connectivity index (χ0) is 9.14. The summed E-state index contributed by atoms with van der Waals surface area (Å²) >= 11 is 0. The monoisotopic (exact) mass is 170 g/mol. The molecule has 0 aromatic rings. The Labute approximate surface area is 76.1 Å². The van der Waals surface area contributed by atoms with Gasteiger partial charge in [0.05, 0.1) is 0 Å². The first-order chi connectivity index (χ1) is 5.59. The molecule has 0 spiro atoms. The van der Waals surface area contributed by atoms with Crippen molar-refractivity contribution in [2.75, 3.05) is 19.6 Å². The minimum absolute atomic E-state index is 0.358. The molecule has 2 N–H and O–H groups in total. The van der Waals surface area contributed by atoms with Crippen molar-refractivity contribution in [1.29, 1.82) is 0 Å². The number of nitrogens with zero attached hydrogens (tertiary/aromatic N) is 1. The Morgan fingerprint density at radius 3 is 2.25 bits per heavy atom. The fourth-order valence-corrected chi connectivity index (χ4v) is 1.82. The van der Waals surface area contributed by atoms with Crippen molar-refractivity contribution < 1.29 is 0 Å². The number of rotatable bonds is 3. The first-order valence-corrected chi connectivity index (χ1v) is 5.07. The third-order valence-electron chi connectivity index (χ3n) is 2.96. The normalized spacial score (nSPS) is 34.0. The Morgan fingerprint density at radius 2 is 1.83 bits per heavy atom. The van der Waals surface area contributed by atoms with E-state index in [9.17, 15) is 0 Å². The van der Waals surface area contributed by atoms with Gasteiger partial charge >= 0.3 is 0 Å². The first-order valence-electron chi connectivity index (χ1n) is 5.07. The molecule has 0 bridgehead atoms. The second kappa shape index (κ2) is 4.24. The van der Waals surface area contributed by atoms with E-state index >= 15 is 0 Å². The molecule has 0 aliphatic carbocycles. The molecule has 1 aliphatic rings. The Bertz CT molecular complexity index is 124. The maximum absolute atomic E-state index is 5.71. The molecule has 1 rings (SSSR count). The summed E-state index contributed by atoms with van der Waals surface area (Å²) in [7, 11) is 0. The molecule has 3 unspecified atom stereocenters. The van der Waals surface area contributed by atoms with E-state index in [1.807, 2.05) is 0 Å². The molecule has 1 aliphatic heterocycles. The average Bonchev–Trinajstić information content (AvgIpc) is 2.28. The molecule has 2 nitrogen and oxygen atoms in total. The van der Waals surface area contributed by atoms with Crippen LogP contribution in [-0.4, -0.2) is 30.6 Å². The van der Waals surface area contributed by atoms with Gasteiger partial charge in [0, 0.05) is 19.1 Å². The second-order valence-electron chi connectivity index (χ2n) is 4.48.